The third-order valence-corrected chi connectivity index (χ3v) is 4.68. The van der Waals surface area contributed by atoms with Gasteiger partial charge in [-0.1, -0.05) is 62.3 Å². The van der Waals surface area contributed by atoms with Gasteiger partial charge in [-0.3, -0.25) is 9.97 Å². The predicted octanol–water partition coefficient (Wildman–Crippen LogP) is 9.31. The summed E-state index contributed by atoms with van der Waals surface area (Å²) in [6, 6.07) is 12.4. The molecule has 199 valence electrons. The van der Waals surface area contributed by atoms with Gasteiger partial charge in [0.15, 0.2) is 12.4 Å². The number of nitrogens with zero attached hydrogens (tertiary/aromatic N) is 2. The van der Waals surface area contributed by atoms with E-state index in [9.17, 15) is 0 Å². The van der Waals surface area contributed by atoms with Crippen LogP contribution in [0.15, 0.2) is 73.6 Å². The summed E-state index contributed by atoms with van der Waals surface area (Å²) in [6.07, 6.45) is 11.3. The van der Waals surface area contributed by atoms with Gasteiger partial charge in [0, 0.05) is 36.9 Å². The molecule has 35 heavy (non-hydrogen) atoms. The third kappa shape index (κ3) is 19.1. The van der Waals surface area contributed by atoms with Gasteiger partial charge in [0.2, 0.25) is 0 Å². The van der Waals surface area contributed by atoms with Crippen LogP contribution in [-0.4, -0.2) is 9.97 Å². The molecule has 0 aliphatic heterocycles. The minimum absolute atomic E-state index is 0.253. The molecule has 0 saturated heterocycles. The zero-order valence-corrected chi connectivity index (χ0v) is 26.9. The topological polar surface area (TPSA) is 39.9 Å². The van der Waals surface area contributed by atoms with Crippen LogP contribution in [0.5, 0.6) is 0 Å². The zero-order valence-electron chi connectivity index (χ0n) is 22.2. The monoisotopic (exact) mass is 648 g/mol. The molecule has 3 aromatic heterocycles. The first-order valence-corrected chi connectivity index (χ1v) is 20.1. The zero-order chi connectivity index (χ0) is 27.3. The summed E-state index contributed by atoms with van der Waals surface area (Å²) in [5, 5.41) is 0. The van der Waals surface area contributed by atoms with Crippen molar-refractivity contribution in [3.05, 3.63) is 90.3 Å². The van der Waals surface area contributed by atoms with Gasteiger partial charge in [0.05, 0.1) is 0 Å². The van der Waals surface area contributed by atoms with Crippen LogP contribution >= 0.6 is 38.8 Å². The number of hydrogen-bond acceptors (Lipinski definition) is 2. The van der Waals surface area contributed by atoms with E-state index in [0.717, 1.165) is 0 Å². The molecule has 0 saturated carbocycles. The van der Waals surface area contributed by atoms with E-state index in [1.54, 1.807) is 0 Å². The quantitative estimate of drug-likeness (QED) is 0.228. The van der Waals surface area contributed by atoms with E-state index in [1.807, 2.05) is 37.2 Å². The summed E-state index contributed by atoms with van der Waals surface area (Å²) in [4.78, 5) is 10.9. The van der Waals surface area contributed by atoms with Crippen LogP contribution in [-0.2, 0) is 27.1 Å². The first-order chi connectivity index (χ1) is 15.8. The molecule has 0 atom stereocenters. The number of pyridine rings is 3. The standard InChI is InChI=1S/3C9H13N.4ClH.Ru/c3*1-9(2,3)8-4-6-10-7-5-8;;;;;/h3*4-7H,1-3H3;4*1H;/q;;;;;;;+3/p-3. The van der Waals surface area contributed by atoms with Crippen LogP contribution in [0.4, 0.5) is 0 Å². The number of nitrogens with one attached hydrogen (secondary N) is 1. The Bertz CT molecular complexity index is 806. The Balaban J connectivity index is 0.000000453. The molecule has 1 N–H and O–H groups in total. The van der Waals surface area contributed by atoms with Crippen molar-refractivity contribution in [1.82, 2.24) is 9.97 Å². The van der Waals surface area contributed by atoms with E-state index in [4.69, 9.17) is 38.8 Å². The van der Waals surface area contributed by atoms with E-state index < -0.39 is 10.8 Å². The molecule has 3 rings (SSSR count). The van der Waals surface area contributed by atoms with Crippen LogP contribution in [0.2, 0.25) is 0 Å². The van der Waals surface area contributed by atoms with Gasteiger partial charge in [-0.15, -0.1) is 0 Å². The molecule has 0 spiro atoms. The Morgan fingerprint density at radius 3 is 0.914 bits per heavy atom. The number of H-pyrrole nitrogens is 1. The molecule has 3 heterocycles. The number of halogens is 4. The molecule has 0 amide bonds. The number of aromatic amines is 1. The predicted molar refractivity (Wildman–Crippen MR) is 151 cm³/mol. The Labute approximate surface area is 232 Å². The van der Waals surface area contributed by atoms with Crippen molar-refractivity contribution in [2.24, 2.45) is 0 Å². The van der Waals surface area contributed by atoms with E-state index >= 15 is 0 Å². The molecule has 3 nitrogen and oxygen atoms in total. The summed E-state index contributed by atoms with van der Waals surface area (Å²) in [7, 11) is 17.0. The normalized spacial score (nSPS) is 12.0. The van der Waals surface area contributed by atoms with Crippen molar-refractivity contribution in [3.8, 4) is 0 Å². The molecule has 3 aromatic rings. The average molecular weight is 650 g/mol. The van der Waals surface area contributed by atoms with Crippen LogP contribution in [0, 0.1) is 0 Å². The van der Waals surface area contributed by atoms with Crippen molar-refractivity contribution in [2.45, 2.75) is 78.6 Å². The second-order valence-electron chi connectivity index (χ2n) is 10.8. The van der Waals surface area contributed by atoms with Crippen LogP contribution in [0.25, 0.3) is 0 Å². The summed E-state index contributed by atoms with van der Waals surface area (Å²) >= 11 is 0. The van der Waals surface area contributed by atoms with Crippen molar-refractivity contribution in [1.29, 1.82) is 0 Å². The van der Waals surface area contributed by atoms with Gasteiger partial charge in [-0.2, -0.15) is 0 Å². The van der Waals surface area contributed by atoms with Crippen LogP contribution in [0.1, 0.15) is 79.0 Å². The Kier molecular flexibility index (Phi) is 15.1. The van der Waals surface area contributed by atoms with Gasteiger partial charge < -0.3 is 0 Å². The second kappa shape index (κ2) is 15.5. The number of hydrogen-bond donors (Lipinski definition) is 0. The van der Waals surface area contributed by atoms with Crippen molar-refractivity contribution < 1.29 is 15.8 Å². The van der Waals surface area contributed by atoms with Gasteiger partial charge in [0.1, 0.15) is 0 Å². The van der Waals surface area contributed by atoms with E-state index in [2.05, 4.69) is 114 Å². The minimum atomic E-state index is -2.97. The number of aromatic nitrogens is 3. The SMILES string of the molecule is CC(C)(C)c1cc[nH+]cc1.CC(C)(C)c1ccncc1.CC(C)(C)c1ccncc1.[Cl][Ru-]([Cl])([Cl])[Cl]. The summed E-state index contributed by atoms with van der Waals surface area (Å²) in [6.45, 7) is 19.8. The fourth-order valence-electron chi connectivity index (χ4n) is 2.59. The Morgan fingerprint density at radius 1 is 0.514 bits per heavy atom. The van der Waals surface area contributed by atoms with Gasteiger partial charge >= 0.3 is 49.6 Å². The molecule has 0 unspecified atom stereocenters. The first kappa shape index (κ1) is 34.2. The molecular weight excluding hydrogens is 609 g/mol. The second-order valence-corrected chi connectivity index (χ2v) is 26.6. The maximum absolute atomic E-state index is 5.00. The first-order valence-electron chi connectivity index (χ1n) is 11.1. The summed E-state index contributed by atoms with van der Waals surface area (Å²) < 4.78 is 0. The molecule has 0 aliphatic carbocycles. The Morgan fingerprint density at radius 2 is 0.743 bits per heavy atom. The summed E-state index contributed by atoms with van der Waals surface area (Å²) in [5.74, 6) is 0. The van der Waals surface area contributed by atoms with Crippen LogP contribution < -0.4 is 4.98 Å². The van der Waals surface area contributed by atoms with Crippen molar-refractivity contribution in [3.63, 3.8) is 0 Å². The Hall–Kier alpha value is -0.767. The third-order valence-electron chi connectivity index (χ3n) is 4.68. The number of rotatable bonds is 0. The van der Waals surface area contributed by atoms with E-state index in [0.29, 0.717) is 0 Å². The molecule has 0 radical (unpaired) electrons. The van der Waals surface area contributed by atoms with Gasteiger partial charge in [-0.25, -0.2) is 4.98 Å². The average Bonchev–Trinajstić information content (AvgIpc) is 2.74. The fraction of sp³-hybridized carbons (Fsp3) is 0.444. The van der Waals surface area contributed by atoms with Gasteiger partial charge in [0.25, 0.3) is 0 Å². The van der Waals surface area contributed by atoms with E-state index in [1.165, 1.54) is 16.7 Å². The molecule has 0 fully saturated rings. The molecule has 0 aromatic carbocycles. The molecular formula is C27H40Cl4N3Ru. The molecule has 8 heteroatoms. The molecule has 0 bridgehead atoms. The molecule has 0 aliphatic rings. The van der Waals surface area contributed by atoms with Crippen molar-refractivity contribution in [2.75, 3.05) is 0 Å². The van der Waals surface area contributed by atoms with Gasteiger partial charge in [-0.05, 0) is 57.2 Å². The van der Waals surface area contributed by atoms with Crippen molar-refractivity contribution >= 4 is 38.8 Å². The summed E-state index contributed by atoms with van der Waals surface area (Å²) in [5.41, 5.74) is 4.82. The fourth-order valence-corrected chi connectivity index (χ4v) is 2.59. The van der Waals surface area contributed by atoms with Crippen LogP contribution in [0.3, 0.4) is 0 Å². The van der Waals surface area contributed by atoms with E-state index in [-0.39, 0.29) is 16.2 Å². The maximum atomic E-state index is 5.00.